The van der Waals surface area contributed by atoms with Crippen LogP contribution in [0.3, 0.4) is 0 Å². The second-order valence-electron chi connectivity index (χ2n) is 2.45. The second-order valence-corrected chi connectivity index (χ2v) is 2.86. The van der Waals surface area contributed by atoms with Crippen molar-refractivity contribution in [1.82, 2.24) is 0 Å². The van der Waals surface area contributed by atoms with E-state index in [1.807, 2.05) is 0 Å². The smallest absolute Gasteiger partial charge is 0.509 e. The Morgan fingerprint density at radius 3 is 2.62 bits per heavy atom. The Morgan fingerprint density at radius 1 is 1.46 bits per heavy atom. The molecule has 0 bridgehead atoms. The average Bonchev–Trinajstić information content (AvgIpc) is 2.05. The van der Waals surface area contributed by atoms with E-state index in [4.69, 9.17) is 21.6 Å². The molecule has 0 saturated carbocycles. The molecule has 0 fully saturated rings. The van der Waals surface area contributed by atoms with Crippen molar-refractivity contribution in [3.8, 4) is 5.75 Å². The molecule has 2 N–H and O–H groups in total. The summed E-state index contributed by atoms with van der Waals surface area (Å²) in [5, 5.41) is 16.9. The summed E-state index contributed by atoms with van der Waals surface area (Å²) in [7, 11) is -2.08. The molecule has 0 unspecified atom stereocenters. The third-order valence-electron chi connectivity index (χ3n) is 1.47. The zero-order valence-electron chi connectivity index (χ0n) is 6.79. The van der Waals surface area contributed by atoms with Crippen molar-refractivity contribution in [2.45, 2.75) is 6.92 Å². The third-order valence-corrected chi connectivity index (χ3v) is 1.76. The van der Waals surface area contributed by atoms with Gasteiger partial charge in [0, 0.05) is 0 Å². The lowest BCUT2D eigenvalue weighted by molar-refractivity contribution is 0.281. The highest BCUT2D eigenvalue weighted by atomic mass is 35.5. The molecular formula is C7H7BClFO3. The summed E-state index contributed by atoms with van der Waals surface area (Å²) >= 11 is 5.56. The van der Waals surface area contributed by atoms with Crippen molar-refractivity contribution < 1.29 is 19.1 Å². The van der Waals surface area contributed by atoms with Crippen LogP contribution in [0, 0.1) is 12.7 Å². The van der Waals surface area contributed by atoms with Crippen LogP contribution >= 0.6 is 11.6 Å². The molecule has 0 aliphatic carbocycles. The first-order valence-corrected chi connectivity index (χ1v) is 3.87. The molecule has 0 atom stereocenters. The lowest BCUT2D eigenvalue weighted by Gasteiger charge is -2.09. The maximum Gasteiger partial charge on any atom is 0.707 e. The molecule has 1 aromatic carbocycles. The van der Waals surface area contributed by atoms with E-state index in [1.54, 1.807) is 0 Å². The summed E-state index contributed by atoms with van der Waals surface area (Å²) in [5.41, 5.74) is 0.319. The Hall–Kier alpha value is -0.775. The van der Waals surface area contributed by atoms with Gasteiger partial charge in [-0.15, -0.1) is 0 Å². The summed E-state index contributed by atoms with van der Waals surface area (Å²) < 4.78 is 17.6. The number of rotatable bonds is 2. The van der Waals surface area contributed by atoms with Crippen LogP contribution in [0.25, 0.3) is 0 Å². The van der Waals surface area contributed by atoms with E-state index in [0.717, 1.165) is 0 Å². The largest absolute Gasteiger partial charge is 0.707 e. The van der Waals surface area contributed by atoms with Gasteiger partial charge in [-0.25, -0.2) is 4.39 Å². The fourth-order valence-electron chi connectivity index (χ4n) is 0.844. The summed E-state index contributed by atoms with van der Waals surface area (Å²) in [6.45, 7) is 1.52. The van der Waals surface area contributed by atoms with Gasteiger partial charge in [0.1, 0.15) is 0 Å². The summed E-state index contributed by atoms with van der Waals surface area (Å²) in [6, 6.07) is 2.88. The fourth-order valence-corrected chi connectivity index (χ4v) is 1.03. The maximum atomic E-state index is 13.2. The van der Waals surface area contributed by atoms with Gasteiger partial charge in [-0.2, -0.15) is 0 Å². The topological polar surface area (TPSA) is 49.7 Å². The van der Waals surface area contributed by atoms with Crippen LogP contribution in [-0.2, 0) is 0 Å². The van der Waals surface area contributed by atoms with Crippen molar-refractivity contribution in [3.63, 3.8) is 0 Å². The Morgan fingerprint density at radius 2 is 2.08 bits per heavy atom. The normalized spacial score (nSPS) is 9.92. The Bertz CT molecular complexity index is 319. The summed E-state index contributed by atoms with van der Waals surface area (Å²) in [5.74, 6) is -1.04. The van der Waals surface area contributed by atoms with Crippen LogP contribution in [0.15, 0.2) is 12.1 Å². The summed E-state index contributed by atoms with van der Waals surface area (Å²) in [6.07, 6.45) is 0. The van der Waals surface area contributed by atoms with E-state index in [2.05, 4.69) is 4.65 Å². The monoisotopic (exact) mass is 204 g/mol. The molecule has 13 heavy (non-hydrogen) atoms. The Kier molecular flexibility index (Phi) is 3.14. The van der Waals surface area contributed by atoms with E-state index in [1.165, 1.54) is 19.1 Å². The molecule has 0 saturated heterocycles. The Balaban J connectivity index is 3.10. The second kappa shape index (κ2) is 3.96. The first-order valence-electron chi connectivity index (χ1n) is 3.49. The van der Waals surface area contributed by atoms with Crippen LogP contribution in [0.2, 0.25) is 5.02 Å². The predicted molar refractivity (Wildman–Crippen MR) is 47.0 cm³/mol. The lowest BCUT2D eigenvalue weighted by atomic mass is 10.2. The predicted octanol–water partition coefficient (Wildman–Crippen LogP) is 1.14. The minimum atomic E-state index is -2.08. The quantitative estimate of drug-likeness (QED) is 0.710. The zero-order chi connectivity index (χ0) is 10.0. The standard InChI is InChI=1S/C7H7BClFO3/c1-4-2-3-5(9)7(6(4)10)13-8(11)12/h2-3,11-12H,1H3. The van der Waals surface area contributed by atoms with Crippen molar-refractivity contribution in [3.05, 3.63) is 28.5 Å². The van der Waals surface area contributed by atoms with Crippen LogP contribution < -0.4 is 4.65 Å². The van der Waals surface area contributed by atoms with Gasteiger partial charge in [0.2, 0.25) is 0 Å². The van der Waals surface area contributed by atoms with Gasteiger partial charge < -0.3 is 14.7 Å². The highest BCUT2D eigenvalue weighted by molar-refractivity contribution is 6.36. The maximum absolute atomic E-state index is 13.2. The molecule has 1 rings (SSSR count). The number of aryl methyl sites for hydroxylation is 1. The summed E-state index contributed by atoms with van der Waals surface area (Å²) in [4.78, 5) is 0. The molecule has 1 aromatic rings. The van der Waals surface area contributed by atoms with E-state index in [9.17, 15) is 4.39 Å². The van der Waals surface area contributed by atoms with E-state index in [0.29, 0.717) is 5.56 Å². The molecule has 0 heterocycles. The number of hydrogen-bond donors (Lipinski definition) is 2. The van der Waals surface area contributed by atoms with Gasteiger partial charge >= 0.3 is 7.32 Å². The highest BCUT2D eigenvalue weighted by Gasteiger charge is 2.18. The van der Waals surface area contributed by atoms with Gasteiger partial charge in [-0.1, -0.05) is 17.7 Å². The highest BCUT2D eigenvalue weighted by Crippen LogP contribution is 2.29. The van der Waals surface area contributed by atoms with Crippen LogP contribution in [-0.4, -0.2) is 17.4 Å². The van der Waals surface area contributed by atoms with Crippen molar-refractivity contribution in [1.29, 1.82) is 0 Å². The van der Waals surface area contributed by atoms with Gasteiger partial charge in [0.05, 0.1) is 5.02 Å². The van der Waals surface area contributed by atoms with Gasteiger partial charge in [-0.05, 0) is 18.6 Å². The van der Waals surface area contributed by atoms with E-state index < -0.39 is 13.1 Å². The fraction of sp³-hybridized carbons (Fsp3) is 0.143. The lowest BCUT2D eigenvalue weighted by Crippen LogP contribution is -2.21. The molecule has 70 valence electrons. The molecule has 0 radical (unpaired) electrons. The van der Waals surface area contributed by atoms with Crippen LogP contribution in [0.1, 0.15) is 5.56 Å². The molecule has 6 heteroatoms. The number of hydrogen-bond acceptors (Lipinski definition) is 3. The molecule has 0 amide bonds. The molecule has 0 aromatic heterocycles. The molecule has 0 aliphatic heterocycles. The Labute approximate surface area is 79.9 Å². The van der Waals surface area contributed by atoms with Crippen molar-refractivity contribution in [2.75, 3.05) is 0 Å². The minimum Gasteiger partial charge on any atom is -0.509 e. The first-order chi connectivity index (χ1) is 6.02. The molecular weight excluding hydrogens is 197 g/mol. The van der Waals surface area contributed by atoms with Gasteiger partial charge in [0.15, 0.2) is 11.6 Å². The van der Waals surface area contributed by atoms with Crippen LogP contribution in [0.4, 0.5) is 4.39 Å². The van der Waals surface area contributed by atoms with Gasteiger partial charge in [-0.3, -0.25) is 0 Å². The minimum absolute atomic E-state index is 0.00352. The molecule has 0 spiro atoms. The third kappa shape index (κ3) is 2.34. The van der Waals surface area contributed by atoms with Crippen molar-refractivity contribution >= 4 is 18.9 Å². The number of halogens is 2. The zero-order valence-corrected chi connectivity index (χ0v) is 7.55. The first kappa shape index (κ1) is 10.3. The molecule has 0 aliphatic rings. The molecule has 3 nitrogen and oxygen atoms in total. The van der Waals surface area contributed by atoms with Crippen LogP contribution in [0.5, 0.6) is 5.75 Å². The van der Waals surface area contributed by atoms with E-state index >= 15 is 0 Å². The number of benzene rings is 1. The SMILES string of the molecule is Cc1ccc(Cl)c(OB(O)O)c1F. The van der Waals surface area contributed by atoms with Gasteiger partial charge in [0.25, 0.3) is 0 Å². The van der Waals surface area contributed by atoms with E-state index in [-0.39, 0.29) is 10.8 Å². The average molecular weight is 204 g/mol. The van der Waals surface area contributed by atoms with Crippen molar-refractivity contribution in [2.24, 2.45) is 0 Å².